The fourth-order valence-corrected chi connectivity index (χ4v) is 3.99. The molecule has 0 unspecified atom stereocenters. The van der Waals surface area contributed by atoms with Gasteiger partial charge in [-0.05, 0) is 50.1 Å². The van der Waals surface area contributed by atoms with Gasteiger partial charge in [0.15, 0.2) is 5.76 Å². The smallest absolute Gasteiger partial charge is 0.289 e. The van der Waals surface area contributed by atoms with Gasteiger partial charge >= 0.3 is 0 Å². The van der Waals surface area contributed by atoms with E-state index in [0.717, 1.165) is 28.3 Å². The molecule has 2 aromatic carbocycles. The van der Waals surface area contributed by atoms with Crippen LogP contribution >= 0.6 is 15.9 Å². The van der Waals surface area contributed by atoms with Crippen molar-refractivity contribution < 1.29 is 14.0 Å². The molecule has 1 saturated heterocycles. The highest BCUT2D eigenvalue weighted by molar-refractivity contribution is 9.10. The second-order valence-electron chi connectivity index (χ2n) is 7.10. The van der Waals surface area contributed by atoms with Crippen LogP contribution in [-0.4, -0.2) is 35.8 Å². The minimum absolute atomic E-state index is 0.0657. The molecule has 5 nitrogen and oxygen atoms in total. The second-order valence-corrected chi connectivity index (χ2v) is 8.02. The lowest BCUT2D eigenvalue weighted by Gasteiger charge is -2.32. The first-order valence-corrected chi connectivity index (χ1v) is 10.2. The molecular formula is C22H21BrN2O3. The Morgan fingerprint density at radius 1 is 1.11 bits per heavy atom. The number of benzene rings is 2. The molecule has 1 aromatic heterocycles. The lowest BCUT2D eigenvalue weighted by Crippen LogP contribution is -2.46. The maximum absolute atomic E-state index is 13.0. The van der Waals surface area contributed by atoms with Crippen molar-refractivity contribution in [1.29, 1.82) is 0 Å². The zero-order chi connectivity index (χ0) is 19.7. The molecule has 0 spiro atoms. The third-order valence-electron chi connectivity index (χ3n) is 5.25. The van der Waals surface area contributed by atoms with E-state index in [1.54, 1.807) is 12.1 Å². The lowest BCUT2D eigenvalue weighted by atomic mass is 10.0. The highest BCUT2D eigenvalue weighted by Gasteiger charge is 2.28. The summed E-state index contributed by atoms with van der Waals surface area (Å²) >= 11 is 3.46. The SMILES string of the molecule is Cc1c(C(=O)N2CCC(NC(=O)c3ccccc3)CC2)oc2ccc(Br)cc12. The van der Waals surface area contributed by atoms with E-state index in [-0.39, 0.29) is 17.9 Å². The summed E-state index contributed by atoms with van der Waals surface area (Å²) in [6.45, 7) is 3.11. The summed E-state index contributed by atoms with van der Waals surface area (Å²) in [6.07, 6.45) is 1.46. The number of piperidine rings is 1. The van der Waals surface area contributed by atoms with Gasteiger partial charge in [0, 0.05) is 40.1 Å². The first-order chi connectivity index (χ1) is 13.5. The van der Waals surface area contributed by atoms with Gasteiger partial charge in [-0.15, -0.1) is 0 Å². The van der Waals surface area contributed by atoms with Crippen molar-refractivity contribution in [3.05, 3.63) is 69.9 Å². The molecule has 0 aliphatic carbocycles. The second kappa shape index (κ2) is 7.80. The molecule has 2 heterocycles. The molecule has 0 radical (unpaired) electrons. The van der Waals surface area contributed by atoms with Crippen LogP contribution in [0.3, 0.4) is 0 Å². The Kier molecular flexibility index (Phi) is 5.22. The Labute approximate surface area is 171 Å². The molecule has 0 bridgehead atoms. The fraction of sp³-hybridized carbons (Fsp3) is 0.273. The van der Waals surface area contributed by atoms with Crippen molar-refractivity contribution in [3.8, 4) is 0 Å². The van der Waals surface area contributed by atoms with Gasteiger partial charge in [0.25, 0.3) is 11.8 Å². The number of rotatable bonds is 3. The molecule has 3 aromatic rings. The standard InChI is InChI=1S/C22H21BrN2O3/c1-14-18-13-16(23)7-8-19(18)28-20(14)22(27)25-11-9-17(10-12-25)24-21(26)15-5-3-2-4-6-15/h2-8,13,17H,9-12H2,1H3,(H,24,26). The minimum atomic E-state index is -0.0855. The van der Waals surface area contributed by atoms with E-state index in [1.807, 2.05) is 48.2 Å². The summed E-state index contributed by atoms with van der Waals surface area (Å²) in [5.74, 6) is 0.251. The van der Waals surface area contributed by atoms with E-state index in [2.05, 4.69) is 21.2 Å². The molecule has 144 valence electrons. The van der Waals surface area contributed by atoms with E-state index >= 15 is 0 Å². The largest absolute Gasteiger partial charge is 0.451 e. The molecular weight excluding hydrogens is 420 g/mol. The van der Waals surface area contributed by atoms with Gasteiger partial charge in [-0.1, -0.05) is 34.1 Å². The van der Waals surface area contributed by atoms with Gasteiger partial charge in [-0.2, -0.15) is 0 Å². The van der Waals surface area contributed by atoms with Gasteiger partial charge in [0.05, 0.1) is 0 Å². The predicted octanol–water partition coefficient (Wildman–Crippen LogP) is 4.54. The Morgan fingerprint density at radius 3 is 2.54 bits per heavy atom. The first kappa shape index (κ1) is 18.7. The summed E-state index contributed by atoms with van der Waals surface area (Å²) in [5, 5.41) is 4.01. The predicted molar refractivity (Wildman–Crippen MR) is 111 cm³/mol. The number of halogens is 1. The molecule has 6 heteroatoms. The summed E-state index contributed by atoms with van der Waals surface area (Å²) in [7, 11) is 0. The summed E-state index contributed by atoms with van der Waals surface area (Å²) in [4.78, 5) is 27.1. The van der Waals surface area contributed by atoms with Gasteiger partial charge in [-0.25, -0.2) is 0 Å². The molecule has 1 N–H and O–H groups in total. The summed E-state index contributed by atoms with van der Waals surface area (Å²) in [5.41, 5.74) is 2.24. The van der Waals surface area contributed by atoms with Gasteiger partial charge in [-0.3, -0.25) is 9.59 Å². The molecule has 2 amide bonds. The topological polar surface area (TPSA) is 62.6 Å². The Balaban J connectivity index is 1.40. The van der Waals surface area contributed by atoms with Crippen LogP contribution in [0.4, 0.5) is 0 Å². The van der Waals surface area contributed by atoms with Crippen molar-refractivity contribution in [3.63, 3.8) is 0 Å². The molecule has 1 aliphatic heterocycles. The van der Waals surface area contributed by atoms with Crippen molar-refractivity contribution in [1.82, 2.24) is 10.2 Å². The third-order valence-corrected chi connectivity index (χ3v) is 5.74. The molecule has 4 rings (SSSR count). The highest BCUT2D eigenvalue weighted by Crippen LogP contribution is 2.29. The average Bonchev–Trinajstić information content (AvgIpc) is 3.04. The number of likely N-dealkylation sites (tertiary alicyclic amines) is 1. The number of hydrogen-bond acceptors (Lipinski definition) is 3. The normalized spacial score (nSPS) is 15.0. The van der Waals surface area contributed by atoms with Gasteiger partial charge in [0.1, 0.15) is 5.58 Å². The van der Waals surface area contributed by atoms with Crippen LogP contribution in [0.25, 0.3) is 11.0 Å². The number of furan rings is 1. The first-order valence-electron chi connectivity index (χ1n) is 9.37. The summed E-state index contributed by atoms with van der Waals surface area (Å²) in [6, 6.07) is 15.0. The number of nitrogens with zero attached hydrogens (tertiary/aromatic N) is 1. The minimum Gasteiger partial charge on any atom is -0.451 e. The number of fused-ring (bicyclic) bond motifs is 1. The van der Waals surface area contributed by atoms with Gasteiger partial charge in [0.2, 0.25) is 0 Å². The summed E-state index contributed by atoms with van der Waals surface area (Å²) < 4.78 is 6.79. The van der Waals surface area contributed by atoms with Gasteiger partial charge < -0.3 is 14.6 Å². The van der Waals surface area contributed by atoms with Crippen LogP contribution < -0.4 is 5.32 Å². The lowest BCUT2D eigenvalue weighted by molar-refractivity contribution is 0.0668. The molecule has 0 atom stereocenters. The van der Waals surface area contributed by atoms with E-state index in [4.69, 9.17) is 4.42 Å². The Hall–Kier alpha value is -2.60. The van der Waals surface area contributed by atoms with E-state index in [9.17, 15) is 9.59 Å². The number of carbonyl (C=O) groups excluding carboxylic acids is 2. The number of aryl methyl sites for hydroxylation is 1. The fourth-order valence-electron chi connectivity index (χ4n) is 3.63. The molecule has 1 fully saturated rings. The third kappa shape index (κ3) is 3.69. The van der Waals surface area contributed by atoms with E-state index in [0.29, 0.717) is 30.0 Å². The van der Waals surface area contributed by atoms with Crippen LogP contribution in [0.5, 0.6) is 0 Å². The number of nitrogens with one attached hydrogen (secondary N) is 1. The molecule has 1 aliphatic rings. The Morgan fingerprint density at radius 2 is 1.82 bits per heavy atom. The Bertz CT molecular complexity index is 1020. The zero-order valence-corrected chi connectivity index (χ0v) is 17.2. The highest BCUT2D eigenvalue weighted by atomic mass is 79.9. The van der Waals surface area contributed by atoms with Crippen molar-refractivity contribution >= 4 is 38.7 Å². The maximum Gasteiger partial charge on any atom is 0.289 e. The molecule has 28 heavy (non-hydrogen) atoms. The van der Waals surface area contributed by atoms with Crippen molar-refractivity contribution in [2.75, 3.05) is 13.1 Å². The quantitative estimate of drug-likeness (QED) is 0.650. The van der Waals surface area contributed by atoms with Crippen molar-refractivity contribution in [2.45, 2.75) is 25.8 Å². The maximum atomic E-state index is 13.0. The van der Waals surface area contributed by atoms with E-state index < -0.39 is 0 Å². The van der Waals surface area contributed by atoms with Crippen LogP contribution in [0.15, 0.2) is 57.4 Å². The zero-order valence-electron chi connectivity index (χ0n) is 15.6. The van der Waals surface area contributed by atoms with Crippen LogP contribution in [-0.2, 0) is 0 Å². The van der Waals surface area contributed by atoms with E-state index in [1.165, 1.54) is 0 Å². The van der Waals surface area contributed by atoms with Crippen molar-refractivity contribution in [2.24, 2.45) is 0 Å². The number of hydrogen-bond donors (Lipinski definition) is 1. The number of amides is 2. The molecule has 0 saturated carbocycles. The van der Waals surface area contributed by atoms with Crippen LogP contribution in [0, 0.1) is 6.92 Å². The van der Waals surface area contributed by atoms with Crippen LogP contribution in [0.2, 0.25) is 0 Å². The van der Waals surface area contributed by atoms with Crippen LogP contribution in [0.1, 0.15) is 39.3 Å². The monoisotopic (exact) mass is 440 g/mol. The number of carbonyl (C=O) groups is 2. The average molecular weight is 441 g/mol.